The van der Waals surface area contributed by atoms with Crippen LogP contribution in [0.15, 0.2) is 79.0 Å². The minimum absolute atomic E-state index is 0.0537. The first kappa shape index (κ1) is 46.7. The van der Waals surface area contributed by atoms with Gasteiger partial charge < -0.3 is 35.5 Å². The molecule has 0 saturated carbocycles. The second kappa shape index (κ2) is 21.2. The molecule has 5 N–H and O–H groups in total. The monoisotopic (exact) mass is 941 g/mol. The zero-order valence-corrected chi connectivity index (χ0v) is 38.1. The van der Waals surface area contributed by atoms with Crippen LogP contribution in [0, 0.1) is 5.92 Å². The number of likely N-dealkylation sites (tertiary alicyclic amines) is 1. The Hall–Kier alpha value is -7.45. The maximum Gasteiger partial charge on any atom is 0.264 e. The van der Waals surface area contributed by atoms with Crippen molar-refractivity contribution in [1.29, 1.82) is 0 Å². The number of primary amides is 1. The average Bonchev–Trinajstić information content (AvgIpc) is 4.06. The van der Waals surface area contributed by atoms with Crippen LogP contribution in [0.2, 0.25) is 0 Å². The summed E-state index contributed by atoms with van der Waals surface area (Å²) in [6, 6.07) is 21.0. The minimum atomic E-state index is -1.03. The molecule has 6 heterocycles. The number of hydrogen-bond donors (Lipinski definition) is 4. The third-order valence-corrected chi connectivity index (χ3v) is 13.0. The predicted octanol–water partition coefficient (Wildman–Crippen LogP) is 4.20. The lowest BCUT2D eigenvalue weighted by Gasteiger charge is -2.38. The molecule has 4 aliphatic rings. The van der Waals surface area contributed by atoms with Crippen LogP contribution in [-0.4, -0.2) is 129 Å². The Labute approximate surface area is 397 Å². The van der Waals surface area contributed by atoms with Crippen LogP contribution in [0.3, 0.4) is 0 Å². The Morgan fingerprint density at radius 1 is 0.841 bits per heavy atom. The highest BCUT2D eigenvalue weighted by Gasteiger charge is 2.45. The summed E-state index contributed by atoms with van der Waals surface area (Å²) in [7, 11) is 0. The quantitative estimate of drug-likeness (QED) is 0.0632. The van der Waals surface area contributed by atoms with E-state index in [4.69, 9.17) is 25.0 Å². The molecule has 0 bridgehead atoms. The maximum absolute atomic E-state index is 13.3. The molecule has 2 aromatic heterocycles. The largest absolute Gasteiger partial charge is 0.457 e. The standard InChI is InChI=1S/C49H55N11O9/c50-45(63)43-44(32-12-14-35(15-13-32)69-34-7-2-1-3-8-34)55-60-38(18-21-52-46(43)60)31-19-23-57(24-20-31)41(62)11-4-6-33-30-58(56-54-33)25-27-68-29-28-67-26-22-51-37-10-5-9-36-42(37)49(66)59(48(36)65)39-16-17-40(61)53-47(39)64/h1-3,5,7-10,12-15,30-31,38-39,51-52H,4,6,11,16-29H2,(H2,50,63)(H,53,61,64)/t38-,39?/m0/s1. The van der Waals surface area contributed by atoms with E-state index in [9.17, 15) is 28.8 Å². The van der Waals surface area contributed by atoms with E-state index < -0.39 is 35.6 Å². The number of aromatic nitrogens is 5. The molecule has 20 nitrogen and oxygen atoms in total. The van der Waals surface area contributed by atoms with Gasteiger partial charge >= 0.3 is 0 Å². The van der Waals surface area contributed by atoms with Gasteiger partial charge in [0, 0.05) is 56.5 Å². The summed E-state index contributed by atoms with van der Waals surface area (Å²) in [6.45, 7) is 4.30. The number of amides is 6. The first-order valence-corrected chi connectivity index (χ1v) is 23.5. The van der Waals surface area contributed by atoms with Gasteiger partial charge in [0.05, 0.1) is 55.8 Å². The minimum Gasteiger partial charge on any atom is -0.457 e. The number of rotatable bonds is 20. The number of nitrogens with one attached hydrogen (secondary N) is 3. The average molecular weight is 942 g/mol. The van der Waals surface area contributed by atoms with E-state index in [2.05, 4.69) is 26.3 Å². The van der Waals surface area contributed by atoms with Gasteiger partial charge in [-0.2, -0.15) is 5.10 Å². The number of para-hydroxylation sites is 1. The molecule has 0 radical (unpaired) electrons. The molecule has 1 unspecified atom stereocenters. The summed E-state index contributed by atoms with van der Waals surface area (Å²) >= 11 is 0. The number of ether oxygens (including phenoxy) is 3. The van der Waals surface area contributed by atoms with E-state index in [0.29, 0.717) is 107 Å². The highest BCUT2D eigenvalue weighted by Crippen LogP contribution is 2.40. The molecule has 4 aliphatic heterocycles. The highest BCUT2D eigenvalue weighted by atomic mass is 16.5. The van der Waals surface area contributed by atoms with Crippen LogP contribution in [0.4, 0.5) is 11.5 Å². The number of nitrogens with zero attached hydrogens (tertiary/aromatic N) is 7. The molecule has 0 spiro atoms. The third kappa shape index (κ3) is 10.5. The number of carbonyl (C=O) groups is 6. The van der Waals surface area contributed by atoms with Crippen LogP contribution >= 0.6 is 0 Å². The van der Waals surface area contributed by atoms with Crippen LogP contribution in [-0.2, 0) is 36.8 Å². The number of anilines is 2. The summed E-state index contributed by atoms with van der Waals surface area (Å²) in [4.78, 5) is 79.4. The number of benzene rings is 3. The van der Waals surface area contributed by atoms with Crippen molar-refractivity contribution in [2.45, 2.75) is 70.0 Å². The number of nitrogens with two attached hydrogens (primary N) is 1. The van der Waals surface area contributed by atoms with Gasteiger partial charge in [0.1, 0.15) is 34.6 Å². The summed E-state index contributed by atoms with van der Waals surface area (Å²) in [5.41, 5.74) is 9.31. The fraction of sp³-hybridized carbons (Fsp3) is 0.408. The van der Waals surface area contributed by atoms with E-state index in [-0.39, 0.29) is 41.8 Å². The summed E-state index contributed by atoms with van der Waals surface area (Å²) in [5, 5.41) is 22.2. The second-order valence-electron chi connectivity index (χ2n) is 17.5. The zero-order chi connectivity index (χ0) is 47.9. The van der Waals surface area contributed by atoms with E-state index in [1.807, 2.05) is 70.4 Å². The number of aryl methyl sites for hydroxylation is 1. The molecule has 9 rings (SSSR count). The Kier molecular flexibility index (Phi) is 14.4. The highest BCUT2D eigenvalue weighted by molar-refractivity contribution is 6.25. The third-order valence-electron chi connectivity index (χ3n) is 13.0. The molecule has 2 saturated heterocycles. The van der Waals surface area contributed by atoms with Crippen molar-refractivity contribution in [2.75, 3.05) is 63.2 Å². The van der Waals surface area contributed by atoms with Gasteiger partial charge in [-0.1, -0.05) is 29.5 Å². The van der Waals surface area contributed by atoms with Gasteiger partial charge in [-0.25, -0.2) is 9.36 Å². The summed E-state index contributed by atoms with van der Waals surface area (Å²) in [5.74, 6) is -0.286. The lowest BCUT2D eigenvalue weighted by Crippen LogP contribution is -2.54. The van der Waals surface area contributed by atoms with Crippen LogP contribution in [0.1, 0.15) is 87.8 Å². The van der Waals surface area contributed by atoms with Crippen molar-refractivity contribution in [3.05, 3.63) is 101 Å². The van der Waals surface area contributed by atoms with Crippen molar-refractivity contribution < 1.29 is 43.0 Å². The molecular weight excluding hydrogens is 887 g/mol. The van der Waals surface area contributed by atoms with Crippen molar-refractivity contribution >= 4 is 46.9 Å². The Morgan fingerprint density at radius 2 is 1.61 bits per heavy atom. The van der Waals surface area contributed by atoms with Gasteiger partial charge in [-0.15, -0.1) is 5.10 Å². The fourth-order valence-corrected chi connectivity index (χ4v) is 9.56. The molecule has 20 heteroatoms. The van der Waals surface area contributed by atoms with Crippen molar-refractivity contribution in [1.82, 2.24) is 39.9 Å². The first-order chi connectivity index (χ1) is 33.6. The van der Waals surface area contributed by atoms with Crippen LogP contribution in [0.5, 0.6) is 11.5 Å². The molecule has 5 aromatic rings. The number of fused-ring (bicyclic) bond motifs is 2. The van der Waals surface area contributed by atoms with E-state index in [1.54, 1.807) is 22.9 Å². The van der Waals surface area contributed by atoms with Gasteiger partial charge in [0.2, 0.25) is 17.7 Å². The van der Waals surface area contributed by atoms with Gasteiger partial charge in [-0.3, -0.25) is 39.0 Å². The van der Waals surface area contributed by atoms with E-state index in [0.717, 1.165) is 41.2 Å². The topological polar surface area (TPSA) is 247 Å². The lowest BCUT2D eigenvalue weighted by molar-refractivity contribution is -0.136. The van der Waals surface area contributed by atoms with Crippen LogP contribution in [0.25, 0.3) is 11.3 Å². The number of hydrogen-bond acceptors (Lipinski definition) is 14. The zero-order valence-electron chi connectivity index (χ0n) is 38.1. The maximum atomic E-state index is 13.3. The molecule has 2 fully saturated rings. The summed E-state index contributed by atoms with van der Waals surface area (Å²) in [6.07, 6.45) is 6.24. The van der Waals surface area contributed by atoms with Gasteiger partial charge in [0.25, 0.3) is 17.7 Å². The Morgan fingerprint density at radius 3 is 2.38 bits per heavy atom. The molecule has 2 atom stereocenters. The van der Waals surface area contributed by atoms with E-state index >= 15 is 0 Å². The fourth-order valence-electron chi connectivity index (χ4n) is 9.56. The Bertz CT molecular complexity index is 2700. The molecule has 360 valence electrons. The number of imide groups is 2. The molecular formula is C49H55N11O9. The van der Waals surface area contributed by atoms with Gasteiger partial charge in [0.15, 0.2) is 0 Å². The normalized spacial score (nSPS) is 18.1. The smallest absolute Gasteiger partial charge is 0.264 e. The first-order valence-electron chi connectivity index (χ1n) is 23.5. The van der Waals surface area contributed by atoms with Crippen molar-refractivity contribution in [3.63, 3.8) is 0 Å². The summed E-state index contributed by atoms with van der Waals surface area (Å²) < 4.78 is 21.0. The van der Waals surface area contributed by atoms with Gasteiger partial charge in [-0.05, 0) is 93.0 Å². The van der Waals surface area contributed by atoms with E-state index in [1.165, 1.54) is 0 Å². The molecule has 0 aliphatic carbocycles. The Balaban J connectivity index is 0.656. The van der Waals surface area contributed by atoms with Crippen LogP contribution < -0.4 is 26.4 Å². The number of piperidine rings is 2. The molecule has 6 amide bonds. The number of carbonyl (C=O) groups excluding carboxylic acids is 6. The molecule has 3 aromatic carbocycles. The SMILES string of the molecule is NC(=O)c1c(-c2ccc(Oc3ccccc3)cc2)nn2c1NCC[C@H]2C1CCN(C(=O)CCCc2cn(CCOCCOCCNc3cccc4c3C(=O)N(C3CCC(=O)NC3=O)C4=O)nn2)CC1. The van der Waals surface area contributed by atoms with Crippen molar-refractivity contribution in [3.8, 4) is 22.8 Å². The predicted molar refractivity (Wildman–Crippen MR) is 250 cm³/mol. The lowest BCUT2D eigenvalue weighted by atomic mass is 9.86. The molecule has 69 heavy (non-hydrogen) atoms. The van der Waals surface area contributed by atoms with Crippen molar-refractivity contribution in [2.24, 2.45) is 11.7 Å². The second-order valence-corrected chi connectivity index (χ2v) is 17.5.